The molecular formula is C14H22N2. The molecule has 2 heteroatoms. The number of piperidine rings is 1. The van der Waals surface area contributed by atoms with Crippen LogP contribution in [-0.4, -0.2) is 25.7 Å². The van der Waals surface area contributed by atoms with E-state index in [2.05, 4.69) is 48.3 Å². The fourth-order valence-corrected chi connectivity index (χ4v) is 2.49. The van der Waals surface area contributed by atoms with Crippen molar-refractivity contribution >= 4 is 5.69 Å². The van der Waals surface area contributed by atoms with E-state index >= 15 is 0 Å². The molecule has 16 heavy (non-hydrogen) atoms. The average Bonchev–Trinajstić information content (AvgIpc) is 2.34. The molecule has 1 atom stereocenters. The number of aryl methyl sites for hydroxylation is 1. The van der Waals surface area contributed by atoms with E-state index < -0.39 is 0 Å². The van der Waals surface area contributed by atoms with Crippen molar-refractivity contribution in [3.8, 4) is 0 Å². The van der Waals surface area contributed by atoms with E-state index in [-0.39, 0.29) is 0 Å². The molecule has 1 saturated heterocycles. The van der Waals surface area contributed by atoms with Crippen LogP contribution < -0.4 is 10.2 Å². The second-order valence-corrected chi connectivity index (χ2v) is 4.62. The Bertz CT molecular complexity index is 312. The lowest BCUT2D eigenvalue weighted by atomic mass is 10.0. The number of nitrogens with zero attached hydrogens (tertiary/aromatic N) is 1. The van der Waals surface area contributed by atoms with E-state index in [9.17, 15) is 0 Å². The first-order chi connectivity index (χ1) is 7.81. The van der Waals surface area contributed by atoms with Crippen LogP contribution in [-0.2, 0) is 0 Å². The summed E-state index contributed by atoms with van der Waals surface area (Å²) >= 11 is 0. The zero-order valence-corrected chi connectivity index (χ0v) is 10.4. The van der Waals surface area contributed by atoms with Crippen molar-refractivity contribution in [3.63, 3.8) is 0 Å². The third-order valence-corrected chi connectivity index (χ3v) is 3.42. The molecule has 0 saturated carbocycles. The van der Waals surface area contributed by atoms with Crippen LogP contribution in [0.15, 0.2) is 24.3 Å². The lowest BCUT2D eigenvalue weighted by molar-refractivity contribution is 0.435. The molecule has 0 radical (unpaired) electrons. The number of nitrogens with one attached hydrogen (secondary N) is 1. The van der Waals surface area contributed by atoms with Gasteiger partial charge in [0, 0.05) is 24.8 Å². The second kappa shape index (κ2) is 5.35. The summed E-state index contributed by atoms with van der Waals surface area (Å²) in [6.07, 6.45) is 2.61. The molecule has 1 N–H and O–H groups in total. The second-order valence-electron chi connectivity index (χ2n) is 4.62. The van der Waals surface area contributed by atoms with Crippen LogP contribution >= 0.6 is 0 Å². The topological polar surface area (TPSA) is 15.3 Å². The van der Waals surface area contributed by atoms with Crippen LogP contribution in [0, 0.1) is 6.92 Å². The molecule has 0 spiro atoms. The van der Waals surface area contributed by atoms with Gasteiger partial charge in [0.2, 0.25) is 0 Å². The van der Waals surface area contributed by atoms with Crippen LogP contribution in [0.25, 0.3) is 0 Å². The van der Waals surface area contributed by atoms with E-state index in [1.165, 1.54) is 30.6 Å². The monoisotopic (exact) mass is 218 g/mol. The maximum atomic E-state index is 3.49. The molecule has 1 aliphatic rings. The minimum atomic E-state index is 0.668. The molecule has 2 rings (SSSR count). The lowest BCUT2D eigenvalue weighted by Crippen LogP contribution is -2.46. The zero-order valence-electron chi connectivity index (χ0n) is 10.4. The van der Waals surface area contributed by atoms with Gasteiger partial charge in [-0.1, -0.05) is 17.7 Å². The number of benzene rings is 1. The third-order valence-electron chi connectivity index (χ3n) is 3.42. The van der Waals surface area contributed by atoms with Gasteiger partial charge in [-0.3, -0.25) is 0 Å². The number of rotatable bonds is 3. The molecule has 88 valence electrons. The predicted molar refractivity (Wildman–Crippen MR) is 70.1 cm³/mol. The summed E-state index contributed by atoms with van der Waals surface area (Å²) in [7, 11) is 0. The van der Waals surface area contributed by atoms with E-state index in [0.29, 0.717) is 6.04 Å². The quantitative estimate of drug-likeness (QED) is 0.839. The smallest absolute Gasteiger partial charge is 0.0414 e. The fourth-order valence-electron chi connectivity index (χ4n) is 2.49. The molecule has 1 aromatic carbocycles. The maximum absolute atomic E-state index is 3.49. The van der Waals surface area contributed by atoms with Gasteiger partial charge in [-0.2, -0.15) is 0 Å². The Morgan fingerprint density at radius 3 is 2.62 bits per heavy atom. The van der Waals surface area contributed by atoms with E-state index in [0.717, 1.165) is 13.1 Å². The molecule has 1 aromatic rings. The first kappa shape index (κ1) is 11.5. The molecule has 1 heterocycles. The number of likely N-dealkylation sites (N-methyl/N-ethyl adjacent to an activating group) is 1. The Kier molecular flexibility index (Phi) is 3.83. The highest BCUT2D eigenvalue weighted by Gasteiger charge is 2.19. The van der Waals surface area contributed by atoms with Crippen molar-refractivity contribution in [2.45, 2.75) is 32.7 Å². The summed E-state index contributed by atoms with van der Waals surface area (Å²) in [6, 6.07) is 9.56. The van der Waals surface area contributed by atoms with Crippen molar-refractivity contribution in [2.24, 2.45) is 0 Å². The Labute approximate surface area is 98.7 Å². The molecule has 0 amide bonds. The van der Waals surface area contributed by atoms with Crippen molar-refractivity contribution in [1.82, 2.24) is 5.32 Å². The van der Waals surface area contributed by atoms with Gasteiger partial charge < -0.3 is 10.2 Å². The van der Waals surface area contributed by atoms with Crippen LogP contribution in [0.3, 0.4) is 0 Å². The largest absolute Gasteiger partial charge is 0.368 e. The Hall–Kier alpha value is -1.02. The lowest BCUT2D eigenvalue weighted by Gasteiger charge is -2.35. The highest BCUT2D eigenvalue weighted by Crippen LogP contribution is 2.20. The summed E-state index contributed by atoms with van der Waals surface area (Å²) < 4.78 is 0. The minimum Gasteiger partial charge on any atom is -0.368 e. The van der Waals surface area contributed by atoms with Gasteiger partial charge in [-0.15, -0.1) is 0 Å². The highest BCUT2D eigenvalue weighted by molar-refractivity contribution is 5.48. The van der Waals surface area contributed by atoms with E-state index in [1.54, 1.807) is 0 Å². The van der Waals surface area contributed by atoms with Gasteiger partial charge in [0.25, 0.3) is 0 Å². The van der Waals surface area contributed by atoms with E-state index in [4.69, 9.17) is 0 Å². The molecule has 0 aliphatic carbocycles. The van der Waals surface area contributed by atoms with Crippen molar-refractivity contribution in [2.75, 3.05) is 24.5 Å². The van der Waals surface area contributed by atoms with Crippen LogP contribution in [0.1, 0.15) is 25.3 Å². The summed E-state index contributed by atoms with van der Waals surface area (Å²) in [5.74, 6) is 0. The average molecular weight is 218 g/mol. The fraction of sp³-hybridized carbons (Fsp3) is 0.571. The first-order valence-electron chi connectivity index (χ1n) is 6.35. The third kappa shape index (κ3) is 2.56. The predicted octanol–water partition coefficient (Wildman–Crippen LogP) is 2.57. The highest BCUT2D eigenvalue weighted by atomic mass is 15.2. The number of hydrogen-bond acceptors (Lipinski definition) is 2. The molecule has 1 fully saturated rings. The standard InChI is InChI=1S/C14H22N2/c1-3-16(14-5-4-10-15-11-14)13-8-6-12(2)7-9-13/h6-9,14-15H,3-5,10-11H2,1-2H3. The molecule has 0 aromatic heterocycles. The summed E-state index contributed by atoms with van der Waals surface area (Å²) in [5, 5.41) is 3.49. The molecule has 1 aliphatic heterocycles. The van der Waals surface area contributed by atoms with Gasteiger partial charge >= 0.3 is 0 Å². The van der Waals surface area contributed by atoms with Crippen molar-refractivity contribution in [1.29, 1.82) is 0 Å². The molecule has 2 nitrogen and oxygen atoms in total. The Morgan fingerprint density at radius 1 is 1.31 bits per heavy atom. The van der Waals surface area contributed by atoms with Crippen molar-refractivity contribution < 1.29 is 0 Å². The molecule has 1 unspecified atom stereocenters. The van der Waals surface area contributed by atoms with Crippen LogP contribution in [0.2, 0.25) is 0 Å². The zero-order chi connectivity index (χ0) is 11.4. The summed E-state index contributed by atoms with van der Waals surface area (Å²) in [6.45, 7) is 7.79. The molecule has 0 bridgehead atoms. The first-order valence-corrected chi connectivity index (χ1v) is 6.35. The van der Waals surface area contributed by atoms with Gasteiger partial charge in [-0.05, 0) is 45.4 Å². The van der Waals surface area contributed by atoms with Gasteiger partial charge in [0.15, 0.2) is 0 Å². The number of hydrogen-bond donors (Lipinski definition) is 1. The van der Waals surface area contributed by atoms with Crippen LogP contribution in [0.4, 0.5) is 5.69 Å². The Morgan fingerprint density at radius 2 is 2.06 bits per heavy atom. The van der Waals surface area contributed by atoms with Gasteiger partial charge in [0.05, 0.1) is 0 Å². The SMILES string of the molecule is CCN(c1ccc(C)cc1)C1CCCNC1. The normalized spacial score (nSPS) is 20.8. The maximum Gasteiger partial charge on any atom is 0.0414 e. The van der Waals surface area contributed by atoms with Crippen LogP contribution in [0.5, 0.6) is 0 Å². The van der Waals surface area contributed by atoms with E-state index in [1.807, 2.05) is 0 Å². The summed E-state index contributed by atoms with van der Waals surface area (Å²) in [5.41, 5.74) is 2.70. The Balaban J connectivity index is 2.11. The van der Waals surface area contributed by atoms with Crippen molar-refractivity contribution in [3.05, 3.63) is 29.8 Å². The summed E-state index contributed by atoms with van der Waals surface area (Å²) in [4.78, 5) is 2.52. The minimum absolute atomic E-state index is 0.668. The molecular weight excluding hydrogens is 196 g/mol. The van der Waals surface area contributed by atoms with Gasteiger partial charge in [-0.25, -0.2) is 0 Å². The number of anilines is 1. The van der Waals surface area contributed by atoms with Gasteiger partial charge in [0.1, 0.15) is 0 Å².